The Morgan fingerprint density at radius 1 is 1.36 bits per heavy atom. The number of rotatable bonds is 8. The van der Waals surface area contributed by atoms with Gasteiger partial charge in [-0.3, -0.25) is 14.6 Å². The molecule has 2 atom stereocenters. The lowest BCUT2D eigenvalue weighted by molar-refractivity contribution is -0.0510. The van der Waals surface area contributed by atoms with Gasteiger partial charge in [-0.1, -0.05) is 0 Å². The van der Waals surface area contributed by atoms with E-state index >= 15 is 0 Å². The fourth-order valence-electron chi connectivity index (χ4n) is 4.54. The largest absolute Gasteiger partial charge is 0.471 e. The molecular weight excluding hydrogens is 442 g/mol. The summed E-state index contributed by atoms with van der Waals surface area (Å²) in [6.07, 6.45) is -0.200. The van der Waals surface area contributed by atoms with E-state index in [2.05, 4.69) is 25.9 Å². The average Bonchev–Trinajstić information content (AvgIpc) is 3.42. The van der Waals surface area contributed by atoms with Crippen molar-refractivity contribution in [3.8, 4) is 5.88 Å². The normalized spacial score (nSPS) is 27.6. The smallest absolute Gasteiger partial charge is 0.407 e. The van der Waals surface area contributed by atoms with Crippen molar-refractivity contribution in [3.63, 3.8) is 0 Å². The Kier molecular flexibility index (Phi) is 5.43. The molecule has 0 aromatic carbocycles. The van der Waals surface area contributed by atoms with Crippen molar-refractivity contribution < 1.29 is 32.6 Å². The number of ether oxygens (including phenoxy) is 3. The molecule has 6 rings (SSSR count). The molecule has 178 valence electrons. The van der Waals surface area contributed by atoms with E-state index in [1.165, 1.54) is 17.8 Å². The van der Waals surface area contributed by atoms with Gasteiger partial charge in [-0.15, -0.1) is 5.10 Å². The Hall–Kier alpha value is -3.22. The second kappa shape index (κ2) is 8.28. The van der Waals surface area contributed by atoms with Crippen LogP contribution < -0.4 is 15.4 Å². The third kappa shape index (κ3) is 4.49. The number of nitrogens with one attached hydrogen (secondary N) is 3. The Balaban J connectivity index is 1.12. The number of aromatic amines is 1. The summed E-state index contributed by atoms with van der Waals surface area (Å²) >= 11 is 0. The van der Waals surface area contributed by atoms with E-state index < -0.39 is 25.0 Å². The molecule has 3 aliphatic carbocycles. The highest BCUT2D eigenvalue weighted by molar-refractivity contribution is 6.02. The molecule has 1 aliphatic heterocycles. The lowest BCUT2D eigenvalue weighted by atomic mass is 9.50. The lowest BCUT2D eigenvalue weighted by Gasteiger charge is -2.61. The molecule has 0 unspecified atom stereocenters. The Morgan fingerprint density at radius 2 is 2.15 bits per heavy atom. The second-order valence-corrected chi connectivity index (χ2v) is 8.82. The van der Waals surface area contributed by atoms with Gasteiger partial charge in [0.15, 0.2) is 12.4 Å². The molecule has 33 heavy (non-hydrogen) atoms. The molecule has 3 N–H and O–H groups in total. The van der Waals surface area contributed by atoms with Gasteiger partial charge < -0.3 is 24.8 Å². The number of nitrogens with zero attached hydrogens (tertiary/aromatic N) is 3. The number of H-pyrrole nitrogens is 1. The van der Waals surface area contributed by atoms with E-state index in [9.17, 15) is 18.4 Å². The van der Waals surface area contributed by atoms with E-state index in [1.807, 2.05) is 0 Å². The van der Waals surface area contributed by atoms with Gasteiger partial charge in [0.05, 0.1) is 12.3 Å². The van der Waals surface area contributed by atoms with Gasteiger partial charge in [0.1, 0.15) is 17.9 Å². The minimum absolute atomic E-state index is 0.0409. The van der Waals surface area contributed by atoms with Crippen molar-refractivity contribution in [2.24, 2.45) is 13.0 Å². The molecule has 3 saturated carbocycles. The summed E-state index contributed by atoms with van der Waals surface area (Å²) in [7, 11) is 1.50. The molecule has 0 spiro atoms. The predicted molar refractivity (Wildman–Crippen MR) is 108 cm³/mol. The monoisotopic (exact) mass is 466 g/mol. The highest BCUT2D eigenvalue weighted by atomic mass is 19.3. The van der Waals surface area contributed by atoms with Crippen LogP contribution in [0.15, 0.2) is 12.1 Å². The van der Waals surface area contributed by atoms with E-state index in [0.717, 1.165) is 25.2 Å². The highest BCUT2D eigenvalue weighted by Crippen LogP contribution is 2.56. The molecule has 0 radical (unpaired) electrons. The van der Waals surface area contributed by atoms with Crippen LogP contribution in [0.25, 0.3) is 0 Å². The van der Waals surface area contributed by atoms with Crippen molar-refractivity contribution in [2.75, 3.05) is 18.5 Å². The maximum absolute atomic E-state index is 12.5. The van der Waals surface area contributed by atoms with E-state index in [0.29, 0.717) is 12.1 Å². The zero-order valence-corrected chi connectivity index (χ0v) is 17.8. The Bertz CT molecular complexity index is 1040. The Morgan fingerprint density at radius 3 is 2.85 bits per heavy atom. The lowest BCUT2D eigenvalue weighted by Crippen LogP contribution is -2.68. The minimum atomic E-state index is -2.64. The summed E-state index contributed by atoms with van der Waals surface area (Å²) in [4.78, 5) is 24.6. The summed E-state index contributed by atoms with van der Waals surface area (Å²) in [5, 5.41) is 16.3. The molecule has 2 aromatic rings. The second-order valence-electron chi connectivity index (χ2n) is 8.82. The van der Waals surface area contributed by atoms with Gasteiger partial charge >= 0.3 is 6.09 Å². The first-order chi connectivity index (χ1) is 15.8. The number of alkyl halides is 2. The van der Waals surface area contributed by atoms with Gasteiger partial charge in [0, 0.05) is 31.1 Å². The van der Waals surface area contributed by atoms with Crippen LogP contribution in [0, 0.1) is 5.92 Å². The molecule has 13 heteroatoms. The number of carbonyl (C=O) groups excluding carboxylic acids is 2. The number of hydrogen-bond acceptors (Lipinski definition) is 7. The van der Waals surface area contributed by atoms with Crippen LogP contribution in [0.2, 0.25) is 0 Å². The number of carbonyl (C=O) groups is 2. The molecule has 3 heterocycles. The van der Waals surface area contributed by atoms with Gasteiger partial charge in [-0.2, -0.15) is 5.10 Å². The zero-order chi connectivity index (χ0) is 23.2. The third-order valence-electron chi connectivity index (χ3n) is 6.27. The van der Waals surface area contributed by atoms with Crippen molar-refractivity contribution >= 4 is 17.8 Å². The molecule has 2 amide bonds. The zero-order valence-electron chi connectivity index (χ0n) is 17.8. The molecule has 4 fully saturated rings. The van der Waals surface area contributed by atoms with Crippen LogP contribution in [0.4, 0.5) is 19.4 Å². The molecular formula is C20H24F2N6O5. The maximum atomic E-state index is 12.5. The van der Waals surface area contributed by atoms with Crippen molar-refractivity contribution in [1.29, 1.82) is 0 Å². The molecule has 1 saturated heterocycles. The summed E-state index contributed by atoms with van der Waals surface area (Å²) in [6.45, 7) is -0.541. The van der Waals surface area contributed by atoms with Gasteiger partial charge in [0.25, 0.3) is 12.3 Å². The quantitative estimate of drug-likeness (QED) is 0.543. The average molecular weight is 466 g/mol. The van der Waals surface area contributed by atoms with Gasteiger partial charge in [-0.05, 0) is 25.2 Å². The van der Waals surface area contributed by atoms with Crippen molar-refractivity contribution in [2.45, 2.75) is 49.9 Å². The van der Waals surface area contributed by atoms with Crippen LogP contribution in [-0.4, -0.2) is 63.3 Å². The fraction of sp³-hybridized carbons (Fsp3) is 0.600. The fourth-order valence-corrected chi connectivity index (χ4v) is 4.54. The maximum Gasteiger partial charge on any atom is 0.407 e. The minimum Gasteiger partial charge on any atom is -0.471 e. The van der Waals surface area contributed by atoms with Gasteiger partial charge in [-0.25, -0.2) is 13.6 Å². The summed E-state index contributed by atoms with van der Waals surface area (Å²) < 4.78 is 41.8. The molecule has 4 aliphatic rings. The summed E-state index contributed by atoms with van der Waals surface area (Å²) in [6, 6.07) is 2.89. The number of aromatic nitrogens is 4. The molecule has 2 bridgehead atoms. The van der Waals surface area contributed by atoms with Crippen LogP contribution in [0.3, 0.4) is 0 Å². The first-order valence-corrected chi connectivity index (χ1v) is 10.7. The van der Waals surface area contributed by atoms with Crippen molar-refractivity contribution in [1.82, 2.24) is 25.3 Å². The van der Waals surface area contributed by atoms with Gasteiger partial charge in [0.2, 0.25) is 5.88 Å². The highest BCUT2D eigenvalue weighted by Gasteiger charge is 2.57. The van der Waals surface area contributed by atoms with Crippen LogP contribution >= 0.6 is 0 Å². The third-order valence-corrected chi connectivity index (χ3v) is 6.27. The SMILES string of the molecule is Cn1nc(OCC(F)F)cc1C(=O)Nc1cc([C@H]2C[C@@H](OC(=O)NC34CC(C3)C4)CO2)[nH]n1. The number of alkyl carbamates (subject to hydrolysis) is 1. The van der Waals surface area contributed by atoms with E-state index in [4.69, 9.17) is 14.2 Å². The number of amides is 2. The predicted octanol–water partition coefficient (Wildman–Crippen LogP) is 2.15. The van der Waals surface area contributed by atoms with E-state index in [1.54, 1.807) is 6.07 Å². The number of anilines is 1. The van der Waals surface area contributed by atoms with E-state index in [-0.39, 0.29) is 41.7 Å². The summed E-state index contributed by atoms with van der Waals surface area (Å²) in [5.41, 5.74) is 0.701. The van der Waals surface area contributed by atoms with Crippen LogP contribution in [-0.2, 0) is 16.5 Å². The number of hydrogen-bond donors (Lipinski definition) is 3. The molecule has 2 aromatic heterocycles. The first-order valence-electron chi connectivity index (χ1n) is 10.7. The topological polar surface area (TPSA) is 132 Å². The standard InChI is InChI=1S/C20H24F2N6O5/c1-28-13(4-17(27-28)32-9-15(21)22)18(29)23-16-3-12(25-26-16)14-2-11(8-31-14)33-19(30)24-20-5-10(6-20)7-20/h3-4,10-11,14-15H,2,5-9H2,1H3,(H,24,30)(H2,23,25,26,29)/t10?,11-,14-,20?/m1/s1. The summed E-state index contributed by atoms with van der Waals surface area (Å²) in [5.74, 6) is 0.404. The number of aryl methyl sites for hydroxylation is 1. The first kappa shape index (κ1) is 21.6. The number of halogens is 2. The van der Waals surface area contributed by atoms with Crippen LogP contribution in [0.1, 0.15) is 48.0 Å². The van der Waals surface area contributed by atoms with Crippen molar-refractivity contribution in [3.05, 3.63) is 23.5 Å². The van der Waals surface area contributed by atoms with Crippen LogP contribution in [0.5, 0.6) is 5.88 Å². The molecule has 11 nitrogen and oxygen atoms in total. The Labute approximate surface area is 187 Å².